The minimum atomic E-state index is -1.19. The lowest BCUT2D eigenvalue weighted by Gasteiger charge is -2.00. The highest BCUT2D eigenvalue weighted by Crippen LogP contribution is 2.35. The van der Waals surface area contributed by atoms with Crippen molar-refractivity contribution in [1.82, 2.24) is 14.8 Å². The number of phenols is 1. The number of aromatic nitrogens is 3. The van der Waals surface area contributed by atoms with Crippen LogP contribution in [0.3, 0.4) is 0 Å². The van der Waals surface area contributed by atoms with Gasteiger partial charge in [0, 0.05) is 16.3 Å². The topological polar surface area (TPSA) is 88.2 Å². The van der Waals surface area contributed by atoms with Crippen LogP contribution in [0.4, 0.5) is 8.78 Å². The van der Waals surface area contributed by atoms with E-state index in [0.717, 1.165) is 23.5 Å². The van der Waals surface area contributed by atoms with Crippen molar-refractivity contribution in [3.63, 3.8) is 0 Å². The van der Waals surface area contributed by atoms with Gasteiger partial charge in [-0.3, -0.25) is 0 Å². The lowest BCUT2D eigenvalue weighted by molar-refractivity contribution is 0.0691. The average molecular weight is 373 g/mol. The van der Waals surface area contributed by atoms with Crippen LogP contribution in [-0.4, -0.2) is 30.9 Å². The molecule has 26 heavy (non-hydrogen) atoms. The van der Waals surface area contributed by atoms with Crippen molar-refractivity contribution >= 4 is 28.2 Å². The SMILES string of the molecule is O=C(O)c1csc(-n2nc(-c3ccc(F)c(F)c3)c3cccc(O)c32)n1. The van der Waals surface area contributed by atoms with Crippen LogP contribution in [0.2, 0.25) is 0 Å². The molecule has 0 aliphatic carbocycles. The maximum absolute atomic E-state index is 13.6. The monoisotopic (exact) mass is 373 g/mol. The molecule has 0 atom stereocenters. The molecule has 2 N–H and O–H groups in total. The fourth-order valence-corrected chi connectivity index (χ4v) is 3.36. The number of carboxylic acid groups (broad SMARTS) is 1. The zero-order valence-electron chi connectivity index (χ0n) is 12.8. The molecule has 4 rings (SSSR count). The Morgan fingerprint density at radius 1 is 1.15 bits per heavy atom. The highest BCUT2D eigenvalue weighted by Gasteiger charge is 2.20. The summed E-state index contributed by atoms with van der Waals surface area (Å²) < 4.78 is 28.2. The van der Waals surface area contributed by atoms with E-state index in [1.807, 2.05) is 0 Å². The minimum absolute atomic E-state index is 0.101. The van der Waals surface area contributed by atoms with Gasteiger partial charge in [0.05, 0.1) is 0 Å². The number of halogens is 2. The quantitative estimate of drug-likeness (QED) is 0.570. The first-order chi connectivity index (χ1) is 12.5. The van der Waals surface area contributed by atoms with Crippen LogP contribution < -0.4 is 0 Å². The van der Waals surface area contributed by atoms with Crippen molar-refractivity contribution in [2.45, 2.75) is 0 Å². The molecule has 0 radical (unpaired) electrons. The van der Waals surface area contributed by atoms with Crippen molar-refractivity contribution in [3.8, 4) is 22.1 Å². The number of phenolic OH excluding ortho intramolecular Hbond substituents is 1. The van der Waals surface area contributed by atoms with Crippen LogP contribution in [0, 0.1) is 11.6 Å². The number of thiazole rings is 1. The lowest BCUT2D eigenvalue weighted by atomic mass is 10.1. The number of nitrogens with zero attached hydrogens (tertiary/aromatic N) is 3. The van der Waals surface area contributed by atoms with Crippen LogP contribution >= 0.6 is 11.3 Å². The fraction of sp³-hybridized carbons (Fsp3) is 0. The Bertz CT molecular complexity index is 1170. The first-order valence-electron chi connectivity index (χ1n) is 7.31. The van der Waals surface area contributed by atoms with E-state index < -0.39 is 17.6 Å². The van der Waals surface area contributed by atoms with Gasteiger partial charge in [-0.05, 0) is 24.3 Å². The summed E-state index contributed by atoms with van der Waals surface area (Å²) in [5, 5.41) is 25.7. The molecule has 2 aromatic carbocycles. The van der Waals surface area contributed by atoms with Crippen molar-refractivity contribution in [2.75, 3.05) is 0 Å². The summed E-state index contributed by atoms with van der Waals surface area (Å²) in [7, 11) is 0. The second-order valence-corrected chi connectivity index (χ2v) is 6.22. The van der Waals surface area contributed by atoms with E-state index in [9.17, 15) is 18.7 Å². The van der Waals surface area contributed by atoms with Crippen molar-refractivity contribution in [3.05, 3.63) is 59.1 Å². The second kappa shape index (κ2) is 5.88. The third-order valence-corrected chi connectivity index (χ3v) is 4.58. The van der Waals surface area contributed by atoms with E-state index in [1.165, 1.54) is 22.2 Å². The van der Waals surface area contributed by atoms with E-state index in [-0.39, 0.29) is 16.6 Å². The maximum atomic E-state index is 13.6. The summed E-state index contributed by atoms with van der Waals surface area (Å²) in [6, 6.07) is 8.08. The molecule has 0 saturated carbocycles. The van der Waals surface area contributed by atoms with Crippen molar-refractivity contribution in [1.29, 1.82) is 0 Å². The third-order valence-electron chi connectivity index (χ3n) is 3.77. The Hall–Kier alpha value is -3.33. The molecule has 0 aliphatic heterocycles. The predicted molar refractivity (Wildman–Crippen MR) is 90.7 cm³/mol. The number of rotatable bonds is 3. The third kappa shape index (κ3) is 2.49. The normalized spacial score (nSPS) is 11.2. The van der Waals surface area contributed by atoms with Gasteiger partial charge in [0.15, 0.2) is 17.3 Å². The van der Waals surface area contributed by atoms with Gasteiger partial charge in [-0.15, -0.1) is 11.3 Å². The Kier molecular flexibility index (Phi) is 3.66. The molecule has 0 aliphatic rings. The molecule has 0 bridgehead atoms. The average Bonchev–Trinajstić information content (AvgIpc) is 3.23. The van der Waals surface area contributed by atoms with Crippen LogP contribution in [0.5, 0.6) is 5.75 Å². The molecule has 0 saturated heterocycles. The zero-order chi connectivity index (χ0) is 18.4. The number of hydrogen-bond donors (Lipinski definition) is 2. The standard InChI is InChI=1S/C17H9F2N3O3S/c18-10-5-4-8(6-11(10)19)14-9-2-1-3-13(23)15(9)22(21-14)17-20-12(7-26-17)16(24)25/h1-7,23H,(H,24,25). The number of benzene rings is 2. The molecule has 0 amide bonds. The second-order valence-electron chi connectivity index (χ2n) is 5.38. The number of fused-ring (bicyclic) bond motifs is 1. The number of hydrogen-bond acceptors (Lipinski definition) is 5. The highest BCUT2D eigenvalue weighted by atomic mass is 32.1. The van der Waals surface area contributed by atoms with Crippen LogP contribution in [0.1, 0.15) is 10.5 Å². The van der Waals surface area contributed by atoms with Crippen LogP contribution in [-0.2, 0) is 0 Å². The van der Waals surface area contributed by atoms with Gasteiger partial charge in [0.25, 0.3) is 0 Å². The van der Waals surface area contributed by atoms with Crippen molar-refractivity contribution in [2.24, 2.45) is 0 Å². The van der Waals surface area contributed by atoms with Crippen LogP contribution in [0.25, 0.3) is 27.3 Å². The summed E-state index contributed by atoms with van der Waals surface area (Å²) in [4.78, 5) is 15.0. The van der Waals surface area contributed by atoms with Gasteiger partial charge < -0.3 is 10.2 Å². The van der Waals surface area contributed by atoms with E-state index in [1.54, 1.807) is 12.1 Å². The molecule has 2 aromatic heterocycles. The lowest BCUT2D eigenvalue weighted by Crippen LogP contribution is -2.00. The van der Waals surface area contributed by atoms with E-state index >= 15 is 0 Å². The number of carbonyl (C=O) groups is 1. The number of aromatic hydroxyl groups is 1. The van der Waals surface area contributed by atoms with Crippen LogP contribution in [0.15, 0.2) is 41.8 Å². The molecule has 2 heterocycles. The van der Waals surface area contributed by atoms with Gasteiger partial charge in [-0.25, -0.2) is 23.2 Å². The first-order valence-corrected chi connectivity index (χ1v) is 8.19. The highest BCUT2D eigenvalue weighted by molar-refractivity contribution is 7.12. The smallest absolute Gasteiger partial charge is 0.355 e. The van der Waals surface area contributed by atoms with Gasteiger partial charge in [0.2, 0.25) is 5.13 Å². The number of para-hydroxylation sites is 1. The largest absolute Gasteiger partial charge is 0.506 e. The Labute approximate surface area is 148 Å². The summed E-state index contributed by atoms with van der Waals surface area (Å²) in [6.07, 6.45) is 0. The van der Waals surface area contributed by atoms with Gasteiger partial charge in [-0.1, -0.05) is 12.1 Å². The summed E-state index contributed by atoms with van der Waals surface area (Å²) >= 11 is 1.03. The molecule has 4 aromatic rings. The molecule has 6 nitrogen and oxygen atoms in total. The van der Waals surface area contributed by atoms with E-state index in [0.29, 0.717) is 22.2 Å². The summed E-state index contributed by atoms with van der Waals surface area (Å²) in [6.45, 7) is 0. The van der Waals surface area contributed by atoms with E-state index in [4.69, 9.17) is 5.11 Å². The van der Waals surface area contributed by atoms with E-state index in [2.05, 4.69) is 10.1 Å². The molecule has 130 valence electrons. The molecular formula is C17H9F2N3O3S. The maximum Gasteiger partial charge on any atom is 0.355 e. The van der Waals surface area contributed by atoms with Gasteiger partial charge >= 0.3 is 5.97 Å². The molecule has 0 unspecified atom stereocenters. The predicted octanol–water partition coefficient (Wildman–Crippen LogP) is 3.83. The summed E-state index contributed by atoms with van der Waals surface area (Å²) in [5.41, 5.74) is 0.757. The number of carboxylic acids is 1. The zero-order valence-corrected chi connectivity index (χ0v) is 13.7. The minimum Gasteiger partial charge on any atom is -0.506 e. The summed E-state index contributed by atoms with van der Waals surface area (Å²) in [5.74, 6) is -3.29. The molecular weight excluding hydrogens is 364 g/mol. The Morgan fingerprint density at radius 2 is 1.96 bits per heavy atom. The Balaban J connectivity index is 1.99. The molecule has 0 fully saturated rings. The first kappa shape index (κ1) is 16.2. The van der Waals surface area contributed by atoms with Gasteiger partial charge in [0.1, 0.15) is 17.0 Å². The Morgan fingerprint density at radius 3 is 2.65 bits per heavy atom. The van der Waals surface area contributed by atoms with Gasteiger partial charge in [-0.2, -0.15) is 5.10 Å². The number of aromatic carboxylic acids is 1. The van der Waals surface area contributed by atoms with Crippen molar-refractivity contribution < 1.29 is 23.8 Å². The molecule has 9 heteroatoms. The fourth-order valence-electron chi connectivity index (χ4n) is 2.60. The molecule has 0 spiro atoms.